The molecule has 0 fully saturated rings. The Labute approximate surface area is 148 Å². The number of likely N-dealkylation sites (N-methyl/N-ethyl adjacent to an activating group) is 1. The van der Waals surface area contributed by atoms with Gasteiger partial charge in [-0.3, -0.25) is 9.59 Å². The first-order valence-corrected chi connectivity index (χ1v) is 7.14. The molecule has 0 aliphatic carbocycles. The Morgan fingerprint density at radius 2 is 1.67 bits per heavy atom. The van der Waals surface area contributed by atoms with Gasteiger partial charge in [-0.05, 0) is 26.0 Å². The summed E-state index contributed by atoms with van der Waals surface area (Å²) in [7, 11) is -0.966. The van der Waals surface area contributed by atoms with Crippen LogP contribution in [0.2, 0.25) is 0 Å². The predicted octanol–water partition coefficient (Wildman–Crippen LogP) is -3.12. The van der Waals surface area contributed by atoms with Crippen molar-refractivity contribution < 1.29 is 52.1 Å². The summed E-state index contributed by atoms with van der Waals surface area (Å²) in [4.78, 5) is 22.6. The summed E-state index contributed by atoms with van der Waals surface area (Å²) in [5.41, 5.74) is -1.06. The molecular formula is C12H21N2NaO5S. The van der Waals surface area contributed by atoms with Gasteiger partial charge < -0.3 is 14.8 Å². The van der Waals surface area contributed by atoms with Gasteiger partial charge in [0.15, 0.2) is 0 Å². The van der Waals surface area contributed by atoms with E-state index in [1.165, 1.54) is 24.8 Å². The van der Waals surface area contributed by atoms with Crippen LogP contribution in [0.15, 0.2) is 25.3 Å². The molecule has 0 radical (unpaired) electrons. The third-order valence-electron chi connectivity index (χ3n) is 1.80. The van der Waals surface area contributed by atoms with Gasteiger partial charge in [-0.15, -0.1) is 0 Å². The maximum absolute atomic E-state index is 10.8. The zero-order chi connectivity index (χ0) is 16.6. The van der Waals surface area contributed by atoms with Gasteiger partial charge in [0.05, 0.1) is 15.9 Å². The standard InChI is InChI=1S/C7H13NO4S.C5H9NO.Na/c1-4-6(9)8-7(2,3)5-13(10,11)12;1-4-5(7)6(2)3;/h4H,1,5H2,2-3H3,(H,8,9)(H,10,11,12);4H,1H2,2-3H3;/q;;+1/p-1. The van der Waals surface area contributed by atoms with E-state index in [0.29, 0.717) is 0 Å². The Balaban J connectivity index is -0.000000347. The molecule has 2 amide bonds. The molecule has 0 aliphatic heterocycles. The maximum Gasteiger partial charge on any atom is 1.00 e. The zero-order valence-electron chi connectivity index (χ0n) is 13.2. The van der Waals surface area contributed by atoms with Crippen LogP contribution in [0.1, 0.15) is 13.8 Å². The first-order valence-electron chi connectivity index (χ1n) is 5.56. The smallest absolute Gasteiger partial charge is 0.748 e. The second-order valence-corrected chi connectivity index (χ2v) is 6.12. The van der Waals surface area contributed by atoms with E-state index in [1.54, 1.807) is 14.1 Å². The summed E-state index contributed by atoms with van der Waals surface area (Å²) in [5.74, 6) is -1.20. The number of nitrogens with one attached hydrogen (secondary N) is 1. The molecule has 21 heavy (non-hydrogen) atoms. The van der Waals surface area contributed by atoms with Crippen LogP contribution >= 0.6 is 0 Å². The minimum absolute atomic E-state index is 0. The summed E-state index contributed by atoms with van der Waals surface area (Å²) in [6, 6.07) is 0. The number of carbonyl (C=O) groups excluding carboxylic acids is 2. The SMILES string of the molecule is C=CC(=O)N(C)C.C=CC(=O)NC(C)(C)CS(=O)(=O)[O-].[Na+]. The molecule has 0 heterocycles. The molecule has 0 saturated carbocycles. The summed E-state index contributed by atoms with van der Waals surface area (Å²) >= 11 is 0. The fourth-order valence-corrected chi connectivity index (χ4v) is 2.00. The fourth-order valence-electron chi connectivity index (χ4n) is 1.05. The molecular weight excluding hydrogens is 307 g/mol. The van der Waals surface area contributed by atoms with E-state index in [9.17, 15) is 22.6 Å². The molecule has 0 atom stereocenters. The van der Waals surface area contributed by atoms with Crippen LogP contribution in [0.5, 0.6) is 0 Å². The van der Waals surface area contributed by atoms with Gasteiger partial charge in [0.1, 0.15) is 0 Å². The van der Waals surface area contributed by atoms with Crippen molar-refractivity contribution >= 4 is 21.9 Å². The van der Waals surface area contributed by atoms with Gasteiger partial charge in [0.2, 0.25) is 11.8 Å². The van der Waals surface area contributed by atoms with Crippen molar-refractivity contribution in [2.75, 3.05) is 19.8 Å². The second-order valence-electron chi connectivity index (χ2n) is 4.72. The number of amides is 2. The van der Waals surface area contributed by atoms with Crippen molar-refractivity contribution in [3.8, 4) is 0 Å². The molecule has 0 aromatic carbocycles. The Morgan fingerprint density at radius 3 is 1.86 bits per heavy atom. The normalized spacial score (nSPS) is 10.1. The van der Waals surface area contributed by atoms with Crippen molar-refractivity contribution in [1.29, 1.82) is 0 Å². The van der Waals surface area contributed by atoms with Crippen molar-refractivity contribution in [3.05, 3.63) is 25.3 Å². The molecule has 9 heteroatoms. The summed E-state index contributed by atoms with van der Waals surface area (Å²) in [6.07, 6.45) is 2.29. The Morgan fingerprint density at radius 1 is 1.24 bits per heavy atom. The zero-order valence-corrected chi connectivity index (χ0v) is 16.0. The van der Waals surface area contributed by atoms with Gasteiger partial charge in [0, 0.05) is 19.6 Å². The largest absolute Gasteiger partial charge is 1.00 e. The van der Waals surface area contributed by atoms with Gasteiger partial charge >= 0.3 is 29.6 Å². The van der Waals surface area contributed by atoms with Gasteiger partial charge in [-0.25, -0.2) is 8.42 Å². The molecule has 0 bridgehead atoms. The van der Waals surface area contributed by atoms with Crippen molar-refractivity contribution in [2.45, 2.75) is 19.4 Å². The maximum atomic E-state index is 10.8. The molecule has 0 spiro atoms. The third kappa shape index (κ3) is 17.3. The first kappa shape index (κ1) is 25.3. The fraction of sp³-hybridized carbons (Fsp3) is 0.500. The van der Waals surface area contributed by atoms with E-state index >= 15 is 0 Å². The predicted molar refractivity (Wildman–Crippen MR) is 75.9 cm³/mol. The molecule has 116 valence electrons. The van der Waals surface area contributed by atoms with E-state index in [0.717, 1.165) is 6.08 Å². The number of hydrogen-bond donors (Lipinski definition) is 1. The van der Waals surface area contributed by atoms with Crippen LogP contribution in [0.4, 0.5) is 0 Å². The van der Waals surface area contributed by atoms with Crippen molar-refractivity contribution in [2.24, 2.45) is 0 Å². The number of rotatable bonds is 5. The van der Waals surface area contributed by atoms with Crippen LogP contribution in [-0.2, 0) is 19.7 Å². The molecule has 7 nitrogen and oxygen atoms in total. The van der Waals surface area contributed by atoms with Crippen LogP contribution < -0.4 is 34.9 Å². The molecule has 0 saturated heterocycles. The van der Waals surface area contributed by atoms with E-state index < -0.39 is 27.3 Å². The van der Waals surface area contributed by atoms with E-state index in [2.05, 4.69) is 18.5 Å². The first-order chi connectivity index (χ1) is 8.84. The Kier molecular flexibility index (Phi) is 13.2. The molecule has 1 N–H and O–H groups in total. The van der Waals surface area contributed by atoms with E-state index in [-0.39, 0.29) is 35.5 Å². The van der Waals surface area contributed by atoms with Crippen LogP contribution in [-0.4, -0.2) is 55.1 Å². The average Bonchev–Trinajstić information content (AvgIpc) is 2.24. The van der Waals surface area contributed by atoms with E-state index in [1.807, 2.05) is 0 Å². The number of carbonyl (C=O) groups is 2. The van der Waals surface area contributed by atoms with Gasteiger partial charge in [-0.2, -0.15) is 0 Å². The molecule has 0 unspecified atom stereocenters. The molecule has 0 aromatic rings. The second kappa shape index (κ2) is 11.0. The summed E-state index contributed by atoms with van der Waals surface area (Å²) < 4.78 is 31.2. The van der Waals surface area contributed by atoms with Gasteiger partial charge in [0.25, 0.3) is 0 Å². The minimum atomic E-state index is -4.33. The summed E-state index contributed by atoms with van der Waals surface area (Å²) in [6.45, 7) is 9.39. The molecule has 0 aromatic heterocycles. The van der Waals surface area contributed by atoms with Gasteiger partial charge in [-0.1, -0.05) is 13.2 Å². The molecule has 0 aliphatic rings. The van der Waals surface area contributed by atoms with Crippen LogP contribution in [0.3, 0.4) is 0 Å². The monoisotopic (exact) mass is 328 g/mol. The van der Waals surface area contributed by atoms with Crippen LogP contribution in [0.25, 0.3) is 0 Å². The number of hydrogen-bond acceptors (Lipinski definition) is 5. The third-order valence-corrected chi connectivity index (χ3v) is 2.88. The number of nitrogens with zero attached hydrogens (tertiary/aromatic N) is 1. The van der Waals surface area contributed by atoms with Crippen molar-refractivity contribution in [3.63, 3.8) is 0 Å². The molecule has 0 rings (SSSR count). The van der Waals surface area contributed by atoms with Crippen molar-refractivity contribution in [1.82, 2.24) is 10.2 Å². The summed E-state index contributed by atoms with van der Waals surface area (Å²) in [5, 5.41) is 2.33. The Bertz CT molecular complexity index is 472. The average molecular weight is 328 g/mol. The Hall–Kier alpha value is -0.670. The topological polar surface area (TPSA) is 107 Å². The quantitative estimate of drug-likeness (QED) is 0.326. The van der Waals surface area contributed by atoms with E-state index in [4.69, 9.17) is 0 Å². The van der Waals surface area contributed by atoms with Crippen LogP contribution in [0, 0.1) is 0 Å². The minimum Gasteiger partial charge on any atom is -0.748 e.